The molecular weight excluding hydrogens is 458 g/mol. The number of carbonyl (C=O) groups is 1. The van der Waals surface area contributed by atoms with Gasteiger partial charge in [-0.25, -0.2) is 0 Å². The highest BCUT2D eigenvalue weighted by Crippen LogP contribution is 2.30. The number of rotatable bonds is 14. The molecule has 0 spiro atoms. The summed E-state index contributed by atoms with van der Waals surface area (Å²) in [4.78, 5) is 23.9. The van der Waals surface area contributed by atoms with Crippen molar-refractivity contribution >= 4 is 36.2 Å². The summed E-state index contributed by atoms with van der Waals surface area (Å²) < 4.78 is 8.67. The maximum absolute atomic E-state index is 12.5. The maximum atomic E-state index is 12.5. The average Bonchev–Trinajstić information content (AvgIpc) is 3.30. The lowest BCUT2D eigenvalue weighted by Gasteiger charge is -2.22. The molecule has 1 aliphatic rings. The number of anilines is 1. The van der Waals surface area contributed by atoms with E-state index in [1.54, 1.807) is 31.2 Å². The van der Waals surface area contributed by atoms with Gasteiger partial charge in [0.05, 0.1) is 15.5 Å². The summed E-state index contributed by atoms with van der Waals surface area (Å²) in [5.74, 6) is 0.852. The Morgan fingerprint density at radius 1 is 1.36 bits per heavy atom. The Labute approximate surface area is 205 Å². The van der Waals surface area contributed by atoms with Gasteiger partial charge in [-0.2, -0.15) is 12.6 Å². The Kier molecular flexibility index (Phi) is 12.1. The Morgan fingerprint density at radius 3 is 2.76 bits per heavy atom. The van der Waals surface area contributed by atoms with Crippen LogP contribution in [0.25, 0.3) is 0 Å². The highest BCUT2D eigenvalue weighted by atomic mass is 32.2. The molecular formula is C24H33N3O4S2. The van der Waals surface area contributed by atoms with Gasteiger partial charge in [-0.15, -0.1) is 0 Å². The van der Waals surface area contributed by atoms with Gasteiger partial charge in [0.1, 0.15) is 0 Å². The fourth-order valence-electron chi connectivity index (χ4n) is 3.65. The van der Waals surface area contributed by atoms with Crippen molar-refractivity contribution in [2.75, 3.05) is 10.5 Å². The quantitative estimate of drug-likeness (QED) is 0.0567. The molecule has 180 valence electrons. The number of carbonyl (C=O) groups excluding carboxylic acids is 1. The van der Waals surface area contributed by atoms with Crippen molar-refractivity contribution < 1.29 is 14.5 Å². The predicted molar refractivity (Wildman–Crippen MR) is 139 cm³/mol. The summed E-state index contributed by atoms with van der Waals surface area (Å²) >= 11 is 5.45. The monoisotopic (exact) mass is 491 g/mol. The number of ether oxygens (including phenoxy) is 1. The first-order valence-corrected chi connectivity index (χ1v) is 12.6. The molecule has 7 nitrogen and oxygen atoms in total. The zero-order valence-corrected chi connectivity index (χ0v) is 20.7. The number of hydrogen-bond acceptors (Lipinski definition) is 8. The van der Waals surface area contributed by atoms with Crippen LogP contribution in [-0.4, -0.2) is 28.7 Å². The third-order valence-electron chi connectivity index (χ3n) is 5.37. The van der Waals surface area contributed by atoms with E-state index in [0.29, 0.717) is 35.2 Å². The SMILES string of the molecule is C=C/C=C\C(=C(/C)SNc1ccccc1OC(=O)CCC(CCS)NC1CCCC1)[N+](=O)[O-]. The molecule has 2 rings (SSSR count). The lowest BCUT2D eigenvalue weighted by molar-refractivity contribution is -0.419. The molecule has 1 aromatic rings. The molecule has 1 atom stereocenters. The summed E-state index contributed by atoms with van der Waals surface area (Å²) in [5.41, 5.74) is 0.536. The van der Waals surface area contributed by atoms with Gasteiger partial charge < -0.3 is 14.8 Å². The largest absolute Gasteiger partial charge is 0.424 e. The van der Waals surface area contributed by atoms with E-state index in [0.717, 1.165) is 24.1 Å². The second-order valence-electron chi connectivity index (χ2n) is 7.86. The van der Waals surface area contributed by atoms with Gasteiger partial charge in [-0.3, -0.25) is 14.9 Å². The third-order valence-corrected chi connectivity index (χ3v) is 6.47. The Hall–Kier alpha value is -2.23. The first kappa shape index (κ1) is 27.0. The van der Waals surface area contributed by atoms with Gasteiger partial charge in [-0.05, 0) is 62.4 Å². The molecule has 0 aromatic heterocycles. The molecule has 0 heterocycles. The number of nitrogens with one attached hydrogen (secondary N) is 2. The summed E-state index contributed by atoms with van der Waals surface area (Å²) in [6.07, 6.45) is 11.2. The van der Waals surface area contributed by atoms with Crippen LogP contribution in [0.15, 0.2) is 59.7 Å². The normalized spacial score (nSPS) is 15.8. The molecule has 1 fully saturated rings. The molecule has 0 amide bonds. The summed E-state index contributed by atoms with van der Waals surface area (Å²) in [6, 6.07) is 7.84. The summed E-state index contributed by atoms with van der Waals surface area (Å²) in [7, 11) is 0. The fourth-order valence-corrected chi connectivity index (χ4v) is 4.64. The van der Waals surface area contributed by atoms with Gasteiger partial charge in [0.2, 0.25) is 0 Å². The zero-order valence-electron chi connectivity index (χ0n) is 19.0. The van der Waals surface area contributed by atoms with Crippen LogP contribution < -0.4 is 14.8 Å². The lowest BCUT2D eigenvalue weighted by Crippen LogP contribution is -2.37. The van der Waals surface area contributed by atoms with E-state index in [1.807, 2.05) is 0 Å². The minimum Gasteiger partial charge on any atom is -0.424 e. The van der Waals surface area contributed by atoms with Crippen molar-refractivity contribution in [2.24, 2.45) is 0 Å². The molecule has 1 saturated carbocycles. The Morgan fingerprint density at radius 2 is 2.09 bits per heavy atom. The molecule has 0 aliphatic heterocycles. The van der Waals surface area contributed by atoms with E-state index in [4.69, 9.17) is 4.74 Å². The molecule has 9 heteroatoms. The van der Waals surface area contributed by atoms with Gasteiger partial charge in [0.25, 0.3) is 5.70 Å². The molecule has 1 aliphatic carbocycles. The van der Waals surface area contributed by atoms with Crippen LogP contribution in [-0.2, 0) is 4.79 Å². The van der Waals surface area contributed by atoms with Gasteiger partial charge in [0.15, 0.2) is 5.75 Å². The molecule has 1 aromatic carbocycles. The number of allylic oxidation sites excluding steroid dienone is 4. The fraction of sp³-hybridized carbons (Fsp3) is 0.458. The number of esters is 1. The second-order valence-corrected chi connectivity index (χ2v) is 9.33. The van der Waals surface area contributed by atoms with Crippen molar-refractivity contribution in [2.45, 2.75) is 64.0 Å². The summed E-state index contributed by atoms with van der Waals surface area (Å²) in [5, 5.41) is 15.0. The van der Waals surface area contributed by atoms with E-state index < -0.39 is 4.92 Å². The number of nitro groups is 1. The van der Waals surface area contributed by atoms with Gasteiger partial charge >= 0.3 is 5.97 Å². The number of para-hydroxylation sites is 2. The molecule has 0 radical (unpaired) electrons. The first-order chi connectivity index (χ1) is 15.9. The molecule has 0 saturated heterocycles. The topological polar surface area (TPSA) is 93.5 Å². The number of thiol groups is 1. The van der Waals surface area contributed by atoms with Crippen molar-refractivity contribution in [1.82, 2.24) is 5.32 Å². The van der Waals surface area contributed by atoms with Crippen LogP contribution in [0.1, 0.15) is 51.9 Å². The number of benzene rings is 1. The van der Waals surface area contributed by atoms with Crippen LogP contribution in [0.2, 0.25) is 0 Å². The molecule has 0 bridgehead atoms. The van der Waals surface area contributed by atoms with Gasteiger partial charge in [-0.1, -0.05) is 43.7 Å². The van der Waals surface area contributed by atoms with E-state index in [2.05, 4.69) is 29.2 Å². The minimum atomic E-state index is -0.448. The van der Waals surface area contributed by atoms with E-state index >= 15 is 0 Å². The summed E-state index contributed by atoms with van der Waals surface area (Å²) in [6.45, 7) is 5.18. The van der Waals surface area contributed by atoms with E-state index in [-0.39, 0.29) is 17.7 Å². The number of nitrogens with zero attached hydrogens (tertiary/aromatic N) is 1. The van der Waals surface area contributed by atoms with Crippen LogP contribution in [0.4, 0.5) is 5.69 Å². The maximum Gasteiger partial charge on any atom is 0.311 e. The zero-order chi connectivity index (χ0) is 24.1. The third kappa shape index (κ3) is 9.65. The van der Waals surface area contributed by atoms with Crippen molar-refractivity contribution in [3.05, 3.63) is 69.8 Å². The van der Waals surface area contributed by atoms with Crippen molar-refractivity contribution in [3.63, 3.8) is 0 Å². The Bertz CT molecular complexity index is 867. The predicted octanol–water partition coefficient (Wildman–Crippen LogP) is 5.90. The van der Waals surface area contributed by atoms with Crippen LogP contribution in [0, 0.1) is 10.1 Å². The lowest BCUT2D eigenvalue weighted by atomic mass is 10.1. The molecule has 2 N–H and O–H groups in total. The van der Waals surface area contributed by atoms with E-state index in [1.165, 1.54) is 43.9 Å². The smallest absolute Gasteiger partial charge is 0.311 e. The number of hydrogen-bond donors (Lipinski definition) is 3. The van der Waals surface area contributed by atoms with E-state index in [9.17, 15) is 14.9 Å². The standard InChI is InChI=1S/C24H33N3O4S2/c1-3-4-12-22(27(29)30)18(2)33-26-21-11-7-8-13-23(21)31-24(28)15-14-20(16-17-32)25-19-9-5-6-10-19/h3-4,7-8,11-13,19-20,25-26,32H,1,5-6,9-10,14-17H2,2H3/b12-4-,22-18-. The Balaban J connectivity index is 1.95. The highest BCUT2D eigenvalue weighted by molar-refractivity contribution is 8.04. The molecule has 1 unspecified atom stereocenters. The highest BCUT2D eigenvalue weighted by Gasteiger charge is 2.20. The first-order valence-electron chi connectivity index (χ1n) is 11.2. The average molecular weight is 492 g/mol. The van der Waals surface area contributed by atoms with Crippen molar-refractivity contribution in [3.8, 4) is 5.75 Å². The second kappa shape index (κ2) is 14.8. The molecule has 33 heavy (non-hydrogen) atoms. The van der Waals surface area contributed by atoms with Crippen LogP contribution in [0.5, 0.6) is 5.75 Å². The van der Waals surface area contributed by atoms with Crippen LogP contribution >= 0.6 is 24.6 Å². The van der Waals surface area contributed by atoms with Gasteiger partial charge in [0, 0.05) is 24.6 Å². The van der Waals surface area contributed by atoms with Crippen molar-refractivity contribution in [1.29, 1.82) is 0 Å². The minimum absolute atomic E-state index is 0.0353. The van der Waals surface area contributed by atoms with Crippen LogP contribution in [0.3, 0.4) is 0 Å².